The maximum absolute atomic E-state index is 9.79. The van der Waals surface area contributed by atoms with Crippen molar-refractivity contribution in [3.8, 4) is 0 Å². The second-order valence-corrected chi connectivity index (χ2v) is 11.9. The highest BCUT2D eigenvalue weighted by Gasteiger charge is 2.37. The number of hydrogen-bond acceptors (Lipinski definition) is 6. The van der Waals surface area contributed by atoms with Gasteiger partial charge in [0.1, 0.15) is 11.3 Å². The lowest BCUT2D eigenvalue weighted by molar-refractivity contribution is 0.0976. The summed E-state index contributed by atoms with van der Waals surface area (Å²) in [6, 6.07) is 6.65. The number of fused-ring (bicyclic) bond motifs is 1. The molecular weight excluding hydrogens is 507 g/mol. The zero-order valence-corrected chi connectivity index (χ0v) is 23.8. The molecular formula is C28H38Cl2N6O. The van der Waals surface area contributed by atoms with E-state index in [1.165, 1.54) is 19.4 Å². The number of aliphatic hydroxyl groups is 1. The maximum atomic E-state index is 9.79. The number of aryl methyl sites for hydroxylation is 1. The zero-order chi connectivity index (χ0) is 26.3. The number of halogens is 2. The average molecular weight is 546 g/mol. The van der Waals surface area contributed by atoms with Crippen LogP contribution in [0, 0.1) is 12.8 Å². The summed E-state index contributed by atoms with van der Waals surface area (Å²) < 4.78 is 1.93. The fourth-order valence-electron chi connectivity index (χ4n) is 6.31. The van der Waals surface area contributed by atoms with E-state index in [-0.39, 0.29) is 12.1 Å². The number of piperidine rings is 1. The van der Waals surface area contributed by atoms with Crippen LogP contribution < -0.4 is 4.90 Å². The summed E-state index contributed by atoms with van der Waals surface area (Å²) in [6.07, 6.45) is 7.28. The van der Waals surface area contributed by atoms with E-state index in [1.54, 1.807) is 6.07 Å². The van der Waals surface area contributed by atoms with Crippen molar-refractivity contribution < 1.29 is 5.11 Å². The summed E-state index contributed by atoms with van der Waals surface area (Å²) in [5, 5.41) is 15.8. The Balaban J connectivity index is 1.35. The molecule has 1 N–H and O–H groups in total. The third-order valence-corrected chi connectivity index (χ3v) is 8.85. The fraction of sp³-hybridized carbons (Fsp3) is 0.607. The van der Waals surface area contributed by atoms with Crippen molar-refractivity contribution in [3.63, 3.8) is 0 Å². The van der Waals surface area contributed by atoms with E-state index in [4.69, 9.17) is 38.3 Å². The first-order valence-corrected chi connectivity index (χ1v) is 14.3. The molecule has 1 aromatic carbocycles. The molecule has 5 atom stereocenters. The number of likely N-dealkylation sites (tertiary alicyclic amines) is 1. The first kappa shape index (κ1) is 26.7. The largest absolute Gasteiger partial charge is 0.393 e. The molecule has 37 heavy (non-hydrogen) atoms. The number of anilines is 1. The summed E-state index contributed by atoms with van der Waals surface area (Å²) in [4.78, 5) is 15.0. The Labute approximate surface area is 229 Å². The molecule has 0 saturated carbocycles. The van der Waals surface area contributed by atoms with Crippen LogP contribution in [-0.4, -0.2) is 67.6 Å². The molecule has 0 amide bonds. The highest BCUT2D eigenvalue weighted by molar-refractivity contribution is 6.35. The van der Waals surface area contributed by atoms with E-state index in [2.05, 4.69) is 23.6 Å². The van der Waals surface area contributed by atoms with Crippen LogP contribution in [-0.2, 0) is 0 Å². The van der Waals surface area contributed by atoms with Crippen molar-refractivity contribution in [2.45, 2.75) is 84.0 Å². The molecule has 2 aliphatic rings. The van der Waals surface area contributed by atoms with E-state index in [9.17, 15) is 5.11 Å². The minimum atomic E-state index is -0.217. The van der Waals surface area contributed by atoms with E-state index in [1.807, 2.05) is 36.9 Å². The second-order valence-electron chi connectivity index (χ2n) is 11.0. The van der Waals surface area contributed by atoms with Gasteiger partial charge in [0.2, 0.25) is 0 Å². The van der Waals surface area contributed by atoms with Crippen LogP contribution in [0.2, 0.25) is 10.0 Å². The minimum Gasteiger partial charge on any atom is -0.393 e. The number of aliphatic hydroxyl groups excluding tert-OH is 1. The van der Waals surface area contributed by atoms with Crippen LogP contribution in [0.3, 0.4) is 0 Å². The molecule has 3 unspecified atom stereocenters. The van der Waals surface area contributed by atoms with Crippen LogP contribution >= 0.6 is 23.2 Å². The third kappa shape index (κ3) is 5.47. The Morgan fingerprint density at radius 3 is 2.70 bits per heavy atom. The van der Waals surface area contributed by atoms with Gasteiger partial charge in [-0.05, 0) is 83.0 Å². The van der Waals surface area contributed by atoms with Gasteiger partial charge in [-0.2, -0.15) is 5.10 Å². The standard InChI is InChI=1S/C28H38Cl2N6O/c1-17-16-34(13-11-25(17)35-12-5-6-22(35)9-7-18(2)37)26-15-31-27-19(3)33-36(28(27)32-26)20(4)23-10-8-21(29)14-24(23)30/h8,10,14-15,17-18,20,22,25,37H,5-7,9,11-13,16H2,1-4H3/t17?,18?,20-,22+,25?/m1/s1. The Bertz CT molecular complexity index is 1250. The Kier molecular flexibility index (Phi) is 7.96. The van der Waals surface area contributed by atoms with Crippen LogP contribution in [0.15, 0.2) is 24.4 Å². The molecule has 5 rings (SSSR count). The van der Waals surface area contributed by atoms with Crippen molar-refractivity contribution in [2.75, 3.05) is 24.5 Å². The van der Waals surface area contributed by atoms with E-state index < -0.39 is 0 Å². The van der Waals surface area contributed by atoms with Gasteiger partial charge < -0.3 is 10.0 Å². The molecule has 2 fully saturated rings. The Hall–Kier alpha value is -1.93. The number of rotatable bonds is 7. The average Bonchev–Trinajstić information content (AvgIpc) is 3.46. The van der Waals surface area contributed by atoms with Crippen molar-refractivity contribution in [2.24, 2.45) is 5.92 Å². The number of aromatic nitrogens is 4. The molecule has 0 aliphatic carbocycles. The highest BCUT2D eigenvalue weighted by Crippen LogP contribution is 2.34. The van der Waals surface area contributed by atoms with Crippen LogP contribution in [0.25, 0.3) is 11.2 Å². The lowest BCUT2D eigenvalue weighted by Crippen LogP contribution is -2.52. The molecule has 7 nitrogen and oxygen atoms in total. The molecule has 3 aromatic rings. The Morgan fingerprint density at radius 2 is 1.97 bits per heavy atom. The van der Waals surface area contributed by atoms with Gasteiger partial charge in [0.25, 0.3) is 0 Å². The maximum Gasteiger partial charge on any atom is 0.179 e. The molecule has 0 spiro atoms. The molecule has 0 bridgehead atoms. The van der Waals surface area contributed by atoms with Gasteiger partial charge in [0.05, 0.1) is 24.0 Å². The minimum absolute atomic E-state index is 0.107. The van der Waals surface area contributed by atoms with Crippen molar-refractivity contribution in [3.05, 3.63) is 45.7 Å². The fourth-order valence-corrected chi connectivity index (χ4v) is 6.87. The number of benzene rings is 1. The second kappa shape index (κ2) is 11.0. The summed E-state index contributed by atoms with van der Waals surface area (Å²) >= 11 is 12.7. The smallest absolute Gasteiger partial charge is 0.179 e. The van der Waals surface area contributed by atoms with Gasteiger partial charge in [0.15, 0.2) is 5.65 Å². The summed E-state index contributed by atoms with van der Waals surface area (Å²) in [6.45, 7) is 11.4. The molecule has 9 heteroatoms. The van der Waals surface area contributed by atoms with Gasteiger partial charge in [-0.3, -0.25) is 4.90 Å². The number of nitrogens with zero attached hydrogens (tertiary/aromatic N) is 6. The van der Waals surface area contributed by atoms with Crippen LogP contribution in [0.1, 0.15) is 70.2 Å². The van der Waals surface area contributed by atoms with Gasteiger partial charge in [-0.15, -0.1) is 0 Å². The van der Waals surface area contributed by atoms with Gasteiger partial charge in [-0.1, -0.05) is 36.2 Å². The molecule has 2 saturated heterocycles. The molecule has 4 heterocycles. The van der Waals surface area contributed by atoms with E-state index in [0.29, 0.717) is 28.0 Å². The van der Waals surface area contributed by atoms with Crippen molar-refractivity contribution in [1.29, 1.82) is 0 Å². The molecule has 0 radical (unpaired) electrons. The molecule has 2 aromatic heterocycles. The first-order valence-electron chi connectivity index (χ1n) is 13.6. The van der Waals surface area contributed by atoms with E-state index in [0.717, 1.165) is 60.6 Å². The number of hydrogen-bond donors (Lipinski definition) is 1. The lowest BCUT2D eigenvalue weighted by atomic mass is 9.91. The normalized spacial score (nSPS) is 24.6. The van der Waals surface area contributed by atoms with Gasteiger partial charge >= 0.3 is 0 Å². The summed E-state index contributed by atoms with van der Waals surface area (Å²) in [5.41, 5.74) is 3.41. The molecule has 200 valence electrons. The summed E-state index contributed by atoms with van der Waals surface area (Å²) in [7, 11) is 0. The topological polar surface area (TPSA) is 70.3 Å². The monoisotopic (exact) mass is 544 g/mol. The molecule has 2 aliphatic heterocycles. The van der Waals surface area contributed by atoms with Crippen LogP contribution in [0.4, 0.5) is 5.82 Å². The van der Waals surface area contributed by atoms with Crippen molar-refractivity contribution in [1.82, 2.24) is 24.6 Å². The van der Waals surface area contributed by atoms with Crippen molar-refractivity contribution >= 4 is 40.2 Å². The summed E-state index contributed by atoms with van der Waals surface area (Å²) in [5.74, 6) is 1.43. The Morgan fingerprint density at radius 1 is 1.16 bits per heavy atom. The predicted octanol–water partition coefficient (Wildman–Crippen LogP) is 5.89. The van der Waals surface area contributed by atoms with E-state index >= 15 is 0 Å². The van der Waals surface area contributed by atoms with Gasteiger partial charge in [0, 0.05) is 35.2 Å². The van der Waals surface area contributed by atoms with Crippen LogP contribution in [0.5, 0.6) is 0 Å². The predicted molar refractivity (Wildman–Crippen MR) is 151 cm³/mol. The third-order valence-electron chi connectivity index (χ3n) is 8.29. The quantitative estimate of drug-likeness (QED) is 0.399. The lowest BCUT2D eigenvalue weighted by Gasteiger charge is -2.44. The highest BCUT2D eigenvalue weighted by atomic mass is 35.5. The van der Waals surface area contributed by atoms with Gasteiger partial charge in [-0.25, -0.2) is 14.6 Å². The zero-order valence-electron chi connectivity index (χ0n) is 22.2. The SMILES string of the molecule is Cc1nn([C@H](C)c2ccc(Cl)cc2Cl)c2nc(N3CCC(N4CCC[C@H]4CCC(C)O)C(C)C3)cnc12. The first-order chi connectivity index (χ1) is 17.7.